The van der Waals surface area contributed by atoms with E-state index in [0.29, 0.717) is 10.8 Å². The van der Waals surface area contributed by atoms with Crippen molar-refractivity contribution in [3.8, 4) is 0 Å². The molecule has 0 saturated heterocycles. The Hall–Kier alpha value is -1.22. The monoisotopic (exact) mass is 181 g/mol. The maximum Gasteiger partial charge on any atom is 0.164 e. The highest BCUT2D eigenvalue weighted by Gasteiger charge is 1.98. The molecule has 0 amide bonds. The molecule has 0 unspecified atom stereocenters. The van der Waals surface area contributed by atoms with Gasteiger partial charge in [-0.1, -0.05) is 19.0 Å². The Morgan fingerprint density at radius 1 is 1.17 bits per heavy atom. The Labute approximate surface area is 75.4 Å². The molecular formula is C8H8ClN3. The van der Waals surface area contributed by atoms with E-state index in [-0.39, 0.29) is 7.43 Å². The molecule has 2 rings (SSSR count). The van der Waals surface area contributed by atoms with Crippen LogP contribution in [0.5, 0.6) is 0 Å². The summed E-state index contributed by atoms with van der Waals surface area (Å²) in [5, 5.41) is 1.24. The van der Waals surface area contributed by atoms with Crippen LogP contribution >= 0.6 is 11.6 Å². The van der Waals surface area contributed by atoms with Crippen LogP contribution in [0.2, 0.25) is 5.15 Å². The SMILES string of the molecule is C.Clc1ncnc2ncccc12. The quantitative estimate of drug-likeness (QED) is 0.586. The minimum Gasteiger partial charge on any atom is -0.236 e. The van der Waals surface area contributed by atoms with Gasteiger partial charge >= 0.3 is 0 Å². The number of hydrogen-bond acceptors (Lipinski definition) is 3. The summed E-state index contributed by atoms with van der Waals surface area (Å²) in [5.41, 5.74) is 0.632. The van der Waals surface area contributed by atoms with Crippen molar-refractivity contribution in [1.82, 2.24) is 15.0 Å². The van der Waals surface area contributed by atoms with Crippen LogP contribution in [0, 0.1) is 0 Å². The fourth-order valence-corrected chi connectivity index (χ4v) is 1.06. The lowest BCUT2D eigenvalue weighted by molar-refractivity contribution is 1.18. The third-order valence-electron chi connectivity index (χ3n) is 1.36. The number of pyridine rings is 1. The van der Waals surface area contributed by atoms with Crippen molar-refractivity contribution in [3.63, 3.8) is 0 Å². The zero-order valence-corrected chi connectivity index (χ0v) is 6.28. The molecule has 12 heavy (non-hydrogen) atoms. The van der Waals surface area contributed by atoms with Gasteiger partial charge in [0.15, 0.2) is 5.65 Å². The zero-order valence-electron chi connectivity index (χ0n) is 5.53. The van der Waals surface area contributed by atoms with Gasteiger partial charge in [-0.15, -0.1) is 0 Å². The summed E-state index contributed by atoms with van der Waals surface area (Å²) in [6.45, 7) is 0. The van der Waals surface area contributed by atoms with Crippen LogP contribution in [0.3, 0.4) is 0 Å². The molecule has 2 aromatic heterocycles. The molecule has 0 aliphatic rings. The first-order valence-corrected chi connectivity index (χ1v) is 3.47. The molecular weight excluding hydrogens is 174 g/mol. The molecule has 4 heteroatoms. The van der Waals surface area contributed by atoms with Crippen molar-refractivity contribution in [2.45, 2.75) is 7.43 Å². The lowest BCUT2D eigenvalue weighted by Crippen LogP contribution is -1.85. The number of fused-ring (bicyclic) bond motifs is 1. The van der Waals surface area contributed by atoms with Gasteiger partial charge in [0.05, 0.1) is 5.39 Å². The molecule has 0 bridgehead atoms. The summed E-state index contributed by atoms with van der Waals surface area (Å²) in [6, 6.07) is 3.64. The van der Waals surface area contributed by atoms with Gasteiger partial charge in [0.25, 0.3) is 0 Å². The molecule has 2 heterocycles. The van der Waals surface area contributed by atoms with Crippen LogP contribution in [0.1, 0.15) is 7.43 Å². The summed E-state index contributed by atoms with van der Waals surface area (Å²) >= 11 is 5.77. The van der Waals surface area contributed by atoms with Crippen molar-refractivity contribution < 1.29 is 0 Å². The molecule has 2 aromatic rings. The van der Waals surface area contributed by atoms with Gasteiger partial charge in [-0.05, 0) is 12.1 Å². The van der Waals surface area contributed by atoms with Crippen molar-refractivity contribution in [1.29, 1.82) is 0 Å². The highest BCUT2D eigenvalue weighted by molar-refractivity contribution is 6.33. The molecule has 62 valence electrons. The van der Waals surface area contributed by atoms with Gasteiger partial charge in [0, 0.05) is 6.20 Å². The first-order valence-electron chi connectivity index (χ1n) is 3.09. The standard InChI is InChI=1S/C7H4ClN3.CH4/c8-6-5-2-1-3-9-7(5)11-4-10-6;/h1-4H;1H4. The molecule has 0 radical (unpaired) electrons. The molecule has 0 aliphatic carbocycles. The van der Waals surface area contributed by atoms with Gasteiger partial charge < -0.3 is 0 Å². The maximum absolute atomic E-state index is 5.77. The second-order valence-corrected chi connectivity index (χ2v) is 2.40. The molecule has 0 aromatic carbocycles. The van der Waals surface area contributed by atoms with Crippen molar-refractivity contribution in [3.05, 3.63) is 29.8 Å². The topological polar surface area (TPSA) is 38.7 Å². The number of aromatic nitrogens is 3. The second kappa shape index (κ2) is 3.45. The van der Waals surface area contributed by atoms with E-state index in [2.05, 4.69) is 15.0 Å². The van der Waals surface area contributed by atoms with Gasteiger partial charge in [-0.25, -0.2) is 15.0 Å². The van der Waals surface area contributed by atoms with Gasteiger partial charge in [-0.3, -0.25) is 0 Å². The molecule has 3 nitrogen and oxygen atoms in total. The minimum atomic E-state index is 0. The van der Waals surface area contributed by atoms with E-state index in [1.165, 1.54) is 6.33 Å². The molecule has 0 aliphatic heterocycles. The average molecular weight is 182 g/mol. The summed E-state index contributed by atoms with van der Waals surface area (Å²) in [5.74, 6) is 0. The highest BCUT2D eigenvalue weighted by Crippen LogP contribution is 2.15. The Morgan fingerprint density at radius 3 is 2.75 bits per heavy atom. The Balaban J connectivity index is 0.000000720. The van der Waals surface area contributed by atoms with Crippen molar-refractivity contribution >= 4 is 22.6 Å². The predicted octanol–water partition coefficient (Wildman–Crippen LogP) is 2.31. The molecule has 0 N–H and O–H groups in total. The first-order chi connectivity index (χ1) is 5.38. The lowest BCUT2D eigenvalue weighted by atomic mass is 10.3. The summed E-state index contributed by atoms with van der Waals surface area (Å²) in [6.07, 6.45) is 3.07. The highest BCUT2D eigenvalue weighted by atomic mass is 35.5. The number of hydrogen-bond donors (Lipinski definition) is 0. The van der Waals surface area contributed by atoms with E-state index in [4.69, 9.17) is 11.6 Å². The van der Waals surface area contributed by atoms with Crippen molar-refractivity contribution in [2.75, 3.05) is 0 Å². The fraction of sp³-hybridized carbons (Fsp3) is 0.125. The minimum absolute atomic E-state index is 0. The van der Waals surface area contributed by atoms with Gasteiger partial charge in [0.2, 0.25) is 0 Å². The Kier molecular flexibility index (Phi) is 2.55. The third kappa shape index (κ3) is 1.36. The van der Waals surface area contributed by atoms with E-state index >= 15 is 0 Å². The van der Waals surface area contributed by atoms with Crippen LogP contribution in [-0.2, 0) is 0 Å². The van der Waals surface area contributed by atoms with E-state index in [1.807, 2.05) is 6.07 Å². The van der Waals surface area contributed by atoms with Gasteiger partial charge in [-0.2, -0.15) is 0 Å². The lowest BCUT2D eigenvalue weighted by Gasteiger charge is -1.94. The molecule has 0 atom stereocenters. The Bertz CT molecular complexity index is 383. The second-order valence-electron chi connectivity index (χ2n) is 2.04. The molecule has 0 fully saturated rings. The predicted molar refractivity (Wildman–Crippen MR) is 49.1 cm³/mol. The van der Waals surface area contributed by atoms with Crippen LogP contribution in [-0.4, -0.2) is 15.0 Å². The average Bonchev–Trinajstić information content (AvgIpc) is 2.06. The summed E-state index contributed by atoms with van der Waals surface area (Å²) < 4.78 is 0. The fourth-order valence-electron chi connectivity index (χ4n) is 0.865. The van der Waals surface area contributed by atoms with E-state index < -0.39 is 0 Å². The largest absolute Gasteiger partial charge is 0.236 e. The van der Waals surface area contributed by atoms with Gasteiger partial charge in [0.1, 0.15) is 11.5 Å². The van der Waals surface area contributed by atoms with Crippen molar-refractivity contribution in [2.24, 2.45) is 0 Å². The van der Waals surface area contributed by atoms with E-state index in [0.717, 1.165) is 5.39 Å². The van der Waals surface area contributed by atoms with E-state index in [9.17, 15) is 0 Å². The van der Waals surface area contributed by atoms with Crippen LogP contribution in [0.15, 0.2) is 24.7 Å². The molecule has 0 spiro atoms. The van der Waals surface area contributed by atoms with E-state index in [1.54, 1.807) is 12.3 Å². The first kappa shape index (κ1) is 8.87. The normalized spacial score (nSPS) is 9.42. The summed E-state index contributed by atoms with van der Waals surface area (Å²) in [7, 11) is 0. The zero-order chi connectivity index (χ0) is 7.68. The maximum atomic E-state index is 5.77. The van der Waals surface area contributed by atoms with Crippen LogP contribution in [0.25, 0.3) is 11.0 Å². The smallest absolute Gasteiger partial charge is 0.164 e. The third-order valence-corrected chi connectivity index (χ3v) is 1.66. The van der Waals surface area contributed by atoms with Crippen LogP contribution < -0.4 is 0 Å². The number of rotatable bonds is 0. The number of nitrogens with zero attached hydrogens (tertiary/aromatic N) is 3. The summed E-state index contributed by atoms with van der Waals surface area (Å²) in [4.78, 5) is 11.8. The molecule has 0 saturated carbocycles. The number of halogens is 1. The van der Waals surface area contributed by atoms with Crippen LogP contribution in [0.4, 0.5) is 0 Å². The Morgan fingerprint density at radius 2 is 2.00 bits per heavy atom.